The largest absolute Gasteiger partial charge is 0.398 e. The van der Waals surface area contributed by atoms with Crippen molar-refractivity contribution in [2.24, 2.45) is 0 Å². The first-order chi connectivity index (χ1) is 9.08. The Kier molecular flexibility index (Phi) is 4.30. The maximum atomic E-state index is 10.1. The summed E-state index contributed by atoms with van der Waals surface area (Å²) >= 11 is 5.99. The highest BCUT2D eigenvalue weighted by Crippen LogP contribution is 2.27. The first kappa shape index (κ1) is 13.7. The number of benzene rings is 2. The van der Waals surface area contributed by atoms with Crippen LogP contribution in [0.15, 0.2) is 42.5 Å². The standard InChI is InChI=1S/C15H17ClN2O/c1-10-7-13(17)12(16)8-14(10)18-9-15(19)11-5-3-2-4-6-11/h2-8,15,18-19H,9,17H2,1H3. The maximum absolute atomic E-state index is 10.1. The van der Waals surface area contributed by atoms with E-state index >= 15 is 0 Å². The number of anilines is 2. The molecule has 0 heterocycles. The number of hydrogen-bond donors (Lipinski definition) is 3. The van der Waals surface area contributed by atoms with E-state index in [2.05, 4.69) is 5.32 Å². The number of hydrogen-bond acceptors (Lipinski definition) is 3. The van der Waals surface area contributed by atoms with Gasteiger partial charge in [-0.2, -0.15) is 0 Å². The van der Waals surface area contributed by atoms with E-state index in [1.807, 2.05) is 43.3 Å². The van der Waals surface area contributed by atoms with E-state index in [1.165, 1.54) is 0 Å². The van der Waals surface area contributed by atoms with E-state index in [0.717, 1.165) is 16.8 Å². The molecule has 0 aromatic heterocycles. The predicted molar refractivity (Wildman–Crippen MR) is 80.5 cm³/mol. The molecule has 0 aliphatic carbocycles. The Morgan fingerprint density at radius 1 is 1.26 bits per heavy atom. The quantitative estimate of drug-likeness (QED) is 0.751. The van der Waals surface area contributed by atoms with E-state index in [-0.39, 0.29) is 0 Å². The summed E-state index contributed by atoms with van der Waals surface area (Å²) in [5.74, 6) is 0. The predicted octanol–water partition coefficient (Wildman–Crippen LogP) is 3.38. The van der Waals surface area contributed by atoms with Gasteiger partial charge in [-0.1, -0.05) is 41.9 Å². The number of aliphatic hydroxyl groups is 1. The summed E-state index contributed by atoms with van der Waals surface area (Å²) in [5.41, 5.74) is 9.06. The topological polar surface area (TPSA) is 58.3 Å². The Bertz CT molecular complexity index is 558. The normalized spacial score (nSPS) is 12.2. The second kappa shape index (κ2) is 5.95. The van der Waals surface area contributed by atoms with Crippen LogP contribution in [-0.2, 0) is 0 Å². The van der Waals surface area contributed by atoms with Gasteiger partial charge in [0, 0.05) is 12.2 Å². The zero-order chi connectivity index (χ0) is 13.8. The van der Waals surface area contributed by atoms with Gasteiger partial charge in [0.15, 0.2) is 0 Å². The number of aryl methyl sites for hydroxylation is 1. The number of halogens is 1. The summed E-state index contributed by atoms with van der Waals surface area (Å²) < 4.78 is 0. The molecule has 2 aromatic rings. The van der Waals surface area contributed by atoms with E-state index in [1.54, 1.807) is 6.07 Å². The summed E-state index contributed by atoms with van der Waals surface area (Å²) in [4.78, 5) is 0. The van der Waals surface area contributed by atoms with Crippen molar-refractivity contribution in [3.05, 3.63) is 58.6 Å². The van der Waals surface area contributed by atoms with Crippen LogP contribution in [-0.4, -0.2) is 11.7 Å². The minimum Gasteiger partial charge on any atom is -0.398 e. The van der Waals surface area contributed by atoms with E-state index in [4.69, 9.17) is 17.3 Å². The summed E-state index contributed by atoms with van der Waals surface area (Å²) in [6.07, 6.45) is -0.558. The van der Waals surface area contributed by atoms with Gasteiger partial charge in [0.25, 0.3) is 0 Å². The lowest BCUT2D eigenvalue weighted by atomic mass is 10.1. The molecule has 0 spiro atoms. The average Bonchev–Trinajstić information content (AvgIpc) is 2.42. The molecule has 1 atom stereocenters. The molecule has 0 fully saturated rings. The molecule has 0 aliphatic heterocycles. The molecule has 0 bridgehead atoms. The molecule has 1 unspecified atom stereocenters. The SMILES string of the molecule is Cc1cc(N)c(Cl)cc1NCC(O)c1ccccc1. The summed E-state index contributed by atoms with van der Waals surface area (Å²) in [6, 6.07) is 13.1. The zero-order valence-electron chi connectivity index (χ0n) is 10.7. The van der Waals surface area contributed by atoms with E-state index in [9.17, 15) is 5.11 Å². The lowest BCUT2D eigenvalue weighted by Gasteiger charge is -2.15. The lowest BCUT2D eigenvalue weighted by molar-refractivity contribution is 0.191. The zero-order valence-corrected chi connectivity index (χ0v) is 11.5. The second-order valence-electron chi connectivity index (χ2n) is 4.50. The second-order valence-corrected chi connectivity index (χ2v) is 4.90. The first-order valence-electron chi connectivity index (χ1n) is 6.10. The molecule has 0 radical (unpaired) electrons. The molecule has 2 aromatic carbocycles. The Morgan fingerprint density at radius 3 is 2.63 bits per heavy atom. The third-order valence-corrected chi connectivity index (χ3v) is 3.34. The van der Waals surface area contributed by atoms with Crippen LogP contribution in [0.25, 0.3) is 0 Å². The van der Waals surface area contributed by atoms with Crippen molar-refractivity contribution in [2.45, 2.75) is 13.0 Å². The Labute approximate surface area is 118 Å². The highest BCUT2D eigenvalue weighted by molar-refractivity contribution is 6.33. The molecule has 4 heteroatoms. The fourth-order valence-electron chi connectivity index (χ4n) is 1.89. The third kappa shape index (κ3) is 3.40. The number of rotatable bonds is 4. The number of aliphatic hydroxyl groups excluding tert-OH is 1. The molecule has 100 valence electrons. The summed E-state index contributed by atoms with van der Waals surface area (Å²) in [7, 11) is 0. The lowest BCUT2D eigenvalue weighted by Crippen LogP contribution is -2.12. The molecule has 19 heavy (non-hydrogen) atoms. The first-order valence-corrected chi connectivity index (χ1v) is 6.48. The van der Waals surface area contributed by atoms with Gasteiger partial charge in [-0.25, -0.2) is 0 Å². The van der Waals surface area contributed by atoms with E-state index in [0.29, 0.717) is 17.3 Å². The monoisotopic (exact) mass is 276 g/mol. The van der Waals surface area contributed by atoms with Crippen LogP contribution in [0.1, 0.15) is 17.2 Å². The van der Waals surface area contributed by atoms with Gasteiger partial charge in [-0.05, 0) is 30.2 Å². The van der Waals surface area contributed by atoms with Crippen LogP contribution in [0.5, 0.6) is 0 Å². The molecule has 4 N–H and O–H groups in total. The average molecular weight is 277 g/mol. The molecule has 0 amide bonds. The van der Waals surface area contributed by atoms with Crippen molar-refractivity contribution >= 4 is 23.0 Å². The Hall–Kier alpha value is -1.71. The van der Waals surface area contributed by atoms with Crippen LogP contribution in [0.3, 0.4) is 0 Å². The van der Waals surface area contributed by atoms with Crippen molar-refractivity contribution in [1.29, 1.82) is 0 Å². The van der Waals surface area contributed by atoms with Crippen LogP contribution in [0.2, 0.25) is 5.02 Å². The smallest absolute Gasteiger partial charge is 0.0962 e. The molecule has 0 saturated carbocycles. The summed E-state index contributed by atoms with van der Waals surface area (Å²) in [5, 5.41) is 13.8. The molecule has 3 nitrogen and oxygen atoms in total. The fraction of sp³-hybridized carbons (Fsp3) is 0.200. The van der Waals surface area contributed by atoms with E-state index < -0.39 is 6.10 Å². The van der Waals surface area contributed by atoms with Gasteiger partial charge in [0.05, 0.1) is 16.8 Å². The van der Waals surface area contributed by atoms with Crippen molar-refractivity contribution in [3.63, 3.8) is 0 Å². The highest BCUT2D eigenvalue weighted by Gasteiger charge is 2.08. The van der Waals surface area contributed by atoms with Crippen molar-refractivity contribution < 1.29 is 5.11 Å². The third-order valence-electron chi connectivity index (χ3n) is 3.01. The number of nitrogens with one attached hydrogen (secondary N) is 1. The maximum Gasteiger partial charge on any atom is 0.0962 e. The van der Waals surface area contributed by atoms with Gasteiger partial charge in [-0.3, -0.25) is 0 Å². The van der Waals surface area contributed by atoms with Crippen LogP contribution in [0, 0.1) is 6.92 Å². The highest BCUT2D eigenvalue weighted by atomic mass is 35.5. The molecule has 0 saturated heterocycles. The van der Waals surface area contributed by atoms with Gasteiger partial charge in [0.1, 0.15) is 0 Å². The fourth-order valence-corrected chi connectivity index (χ4v) is 2.06. The molecule has 0 aliphatic rings. The minimum absolute atomic E-state index is 0.422. The number of nitrogens with two attached hydrogens (primary N) is 1. The Morgan fingerprint density at radius 2 is 1.95 bits per heavy atom. The van der Waals surface area contributed by atoms with Gasteiger partial charge >= 0.3 is 0 Å². The minimum atomic E-state index is -0.558. The van der Waals surface area contributed by atoms with Gasteiger partial charge in [-0.15, -0.1) is 0 Å². The van der Waals surface area contributed by atoms with Crippen LogP contribution in [0.4, 0.5) is 11.4 Å². The van der Waals surface area contributed by atoms with Crippen molar-refractivity contribution in [1.82, 2.24) is 0 Å². The van der Waals surface area contributed by atoms with Crippen molar-refractivity contribution in [2.75, 3.05) is 17.6 Å². The molecule has 2 rings (SSSR count). The number of nitrogen functional groups attached to an aromatic ring is 1. The van der Waals surface area contributed by atoms with Crippen LogP contribution < -0.4 is 11.1 Å². The van der Waals surface area contributed by atoms with Gasteiger partial charge in [0.2, 0.25) is 0 Å². The van der Waals surface area contributed by atoms with Crippen molar-refractivity contribution in [3.8, 4) is 0 Å². The Balaban J connectivity index is 2.05. The molecular formula is C15H17ClN2O. The summed E-state index contributed by atoms with van der Waals surface area (Å²) in [6.45, 7) is 2.37. The molecular weight excluding hydrogens is 260 g/mol. The van der Waals surface area contributed by atoms with Gasteiger partial charge < -0.3 is 16.2 Å². The van der Waals surface area contributed by atoms with Crippen LogP contribution >= 0.6 is 11.6 Å².